The van der Waals surface area contributed by atoms with E-state index < -0.39 is 15.9 Å². The van der Waals surface area contributed by atoms with Crippen LogP contribution in [0.4, 0.5) is 11.4 Å². The molecule has 3 heterocycles. The van der Waals surface area contributed by atoms with Gasteiger partial charge in [-0.2, -0.15) is 4.31 Å². The summed E-state index contributed by atoms with van der Waals surface area (Å²) in [4.78, 5) is 27.2. The van der Waals surface area contributed by atoms with Gasteiger partial charge in [0.1, 0.15) is 0 Å². The molecule has 10 heteroatoms. The van der Waals surface area contributed by atoms with Crippen molar-refractivity contribution in [3.05, 3.63) is 52.4 Å². The Morgan fingerprint density at radius 2 is 1.72 bits per heavy atom. The molecule has 1 N–H and O–H groups in total. The number of nitrogens with one attached hydrogen (secondary N) is 1. The molecule has 1 aromatic heterocycles. The second-order valence-electron chi connectivity index (χ2n) is 8.06. The molecule has 9 nitrogen and oxygen atoms in total. The highest BCUT2D eigenvalue weighted by Gasteiger charge is 2.28. The molecule has 1 aromatic carbocycles. The van der Waals surface area contributed by atoms with Gasteiger partial charge >= 0.3 is 0 Å². The van der Waals surface area contributed by atoms with E-state index in [9.17, 15) is 18.0 Å². The van der Waals surface area contributed by atoms with Gasteiger partial charge in [0.25, 0.3) is 11.5 Å². The average molecular weight is 461 g/mol. The number of carbonyl (C=O) groups is 1. The summed E-state index contributed by atoms with van der Waals surface area (Å²) in [7, 11) is -2.11. The molecule has 172 valence electrons. The Hall–Kier alpha value is -2.69. The molecule has 0 saturated carbocycles. The predicted octanol–water partition coefficient (Wildman–Crippen LogP) is 1.65. The highest BCUT2D eigenvalue weighted by molar-refractivity contribution is 7.89. The number of aryl methyl sites for hydroxylation is 1. The van der Waals surface area contributed by atoms with Crippen molar-refractivity contribution in [2.24, 2.45) is 7.05 Å². The Morgan fingerprint density at radius 3 is 2.41 bits per heavy atom. The fraction of sp³-hybridized carbons (Fsp3) is 0.455. The van der Waals surface area contributed by atoms with Crippen LogP contribution >= 0.6 is 0 Å². The molecule has 2 saturated heterocycles. The number of aromatic nitrogens is 1. The first-order valence-electron chi connectivity index (χ1n) is 10.8. The van der Waals surface area contributed by atoms with Crippen molar-refractivity contribution in [2.45, 2.75) is 24.2 Å². The number of nitrogens with zero attached hydrogens (tertiary/aromatic N) is 3. The summed E-state index contributed by atoms with van der Waals surface area (Å²) >= 11 is 0. The average Bonchev–Trinajstić information content (AvgIpc) is 2.82. The number of morpholine rings is 1. The summed E-state index contributed by atoms with van der Waals surface area (Å²) < 4.78 is 34.4. The smallest absolute Gasteiger partial charge is 0.255 e. The van der Waals surface area contributed by atoms with Crippen LogP contribution in [0.15, 0.2) is 46.2 Å². The molecule has 4 rings (SSSR count). The van der Waals surface area contributed by atoms with E-state index in [0.29, 0.717) is 32.0 Å². The van der Waals surface area contributed by atoms with E-state index in [0.717, 1.165) is 38.0 Å². The number of ether oxygens (including phenoxy) is 1. The Balaban J connectivity index is 1.69. The summed E-state index contributed by atoms with van der Waals surface area (Å²) in [6.45, 7) is 2.99. The van der Waals surface area contributed by atoms with Crippen LogP contribution in [0.3, 0.4) is 0 Å². The van der Waals surface area contributed by atoms with Crippen molar-refractivity contribution >= 4 is 27.3 Å². The first-order valence-corrected chi connectivity index (χ1v) is 12.3. The highest BCUT2D eigenvalue weighted by Crippen LogP contribution is 2.32. The zero-order chi connectivity index (χ0) is 22.7. The SMILES string of the molecule is Cn1ccc(C(=O)Nc2cc(S(=O)(=O)N3CCOCC3)ccc2N2CCCCC2)cc1=O. The normalized spacial score (nSPS) is 17.8. The number of piperidine rings is 1. The number of benzene rings is 1. The van der Waals surface area contributed by atoms with Gasteiger partial charge in [0.05, 0.1) is 29.5 Å². The molecule has 0 unspecified atom stereocenters. The van der Waals surface area contributed by atoms with Gasteiger partial charge in [-0.15, -0.1) is 0 Å². The second-order valence-corrected chi connectivity index (χ2v) is 10.00. The van der Waals surface area contributed by atoms with Crippen LogP contribution in [0, 0.1) is 0 Å². The van der Waals surface area contributed by atoms with Gasteiger partial charge in [-0.05, 0) is 43.5 Å². The van der Waals surface area contributed by atoms with Crippen molar-refractivity contribution in [1.29, 1.82) is 0 Å². The van der Waals surface area contributed by atoms with Gasteiger partial charge in [-0.3, -0.25) is 9.59 Å². The largest absolute Gasteiger partial charge is 0.379 e. The molecule has 2 aliphatic rings. The first-order chi connectivity index (χ1) is 15.4. The zero-order valence-corrected chi connectivity index (χ0v) is 18.9. The number of anilines is 2. The molecule has 2 aromatic rings. The number of sulfonamides is 1. The van der Waals surface area contributed by atoms with Crippen LogP contribution in [0.2, 0.25) is 0 Å². The highest BCUT2D eigenvalue weighted by atomic mass is 32.2. The Labute approximate surface area is 187 Å². The summed E-state index contributed by atoms with van der Waals surface area (Å²) in [6, 6.07) is 7.71. The van der Waals surface area contributed by atoms with E-state index in [1.54, 1.807) is 25.2 Å². The molecule has 2 aliphatic heterocycles. The number of hydrogen-bond acceptors (Lipinski definition) is 6. The Bertz CT molecular complexity index is 1150. The molecule has 0 bridgehead atoms. The minimum atomic E-state index is -3.71. The van der Waals surface area contributed by atoms with Gasteiger partial charge in [0.2, 0.25) is 10.0 Å². The van der Waals surface area contributed by atoms with Crippen molar-refractivity contribution in [2.75, 3.05) is 49.6 Å². The molecule has 1 amide bonds. The van der Waals surface area contributed by atoms with Crippen molar-refractivity contribution in [3.63, 3.8) is 0 Å². The van der Waals surface area contributed by atoms with Gasteiger partial charge in [0, 0.05) is 51.1 Å². The lowest BCUT2D eigenvalue weighted by Gasteiger charge is -2.31. The van der Waals surface area contributed by atoms with E-state index in [4.69, 9.17) is 4.74 Å². The third-order valence-electron chi connectivity index (χ3n) is 5.89. The standard InChI is InChI=1S/C22H28N4O5S/c1-24-10-7-17(15-21(24)27)22(28)23-19-16-18(32(29,30)26-11-13-31-14-12-26)5-6-20(19)25-8-3-2-4-9-25/h5-7,10,15-16H,2-4,8-9,11-14H2,1H3,(H,23,28). The number of carbonyl (C=O) groups excluding carboxylic acids is 1. The van der Waals surface area contributed by atoms with Crippen LogP contribution in [-0.2, 0) is 21.8 Å². The maximum atomic E-state index is 13.2. The van der Waals surface area contributed by atoms with Gasteiger partial charge in [0.15, 0.2) is 0 Å². The third kappa shape index (κ3) is 4.72. The Kier molecular flexibility index (Phi) is 6.63. The quantitative estimate of drug-likeness (QED) is 0.728. The van der Waals surface area contributed by atoms with Crippen LogP contribution < -0.4 is 15.8 Å². The van der Waals surface area contributed by atoms with Gasteiger partial charge in [-0.25, -0.2) is 8.42 Å². The molecule has 0 atom stereocenters. The van der Waals surface area contributed by atoms with Crippen LogP contribution in [0.1, 0.15) is 29.6 Å². The van der Waals surface area contributed by atoms with Crippen LogP contribution in [-0.4, -0.2) is 62.6 Å². The van der Waals surface area contributed by atoms with Gasteiger partial charge in [-0.1, -0.05) is 0 Å². The molecule has 32 heavy (non-hydrogen) atoms. The first kappa shape index (κ1) is 22.5. The summed E-state index contributed by atoms with van der Waals surface area (Å²) in [5.74, 6) is -0.457. The molecule has 0 radical (unpaired) electrons. The minimum Gasteiger partial charge on any atom is -0.379 e. The molecular formula is C22H28N4O5S. The fourth-order valence-electron chi connectivity index (χ4n) is 4.01. The third-order valence-corrected chi connectivity index (χ3v) is 7.78. The minimum absolute atomic E-state index is 0.124. The lowest BCUT2D eigenvalue weighted by molar-refractivity contribution is 0.0730. The lowest BCUT2D eigenvalue weighted by Crippen LogP contribution is -2.40. The summed E-state index contributed by atoms with van der Waals surface area (Å²) in [5, 5.41) is 2.85. The molecule has 0 aliphatic carbocycles. The van der Waals surface area contributed by atoms with Crippen LogP contribution in [0.5, 0.6) is 0 Å². The van der Waals surface area contributed by atoms with E-state index >= 15 is 0 Å². The Morgan fingerprint density at radius 1 is 1.00 bits per heavy atom. The van der Waals surface area contributed by atoms with E-state index in [1.165, 1.54) is 27.2 Å². The second kappa shape index (κ2) is 9.43. The van der Waals surface area contributed by atoms with Crippen molar-refractivity contribution in [3.8, 4) is 0 Å². The van der Waals surface area contributed by atoms with Crippen molar-refractivity contribution in [1.82, 2.24) is 8.87 Å². The molecule has 2 fully saturated rings. The van der Waals surface area contributed by atoms with E-state index in [-0.39, 0.29) is 16.0 Å². The zero-order valence-electron chi connectivity index (χ0n) is 18.1. The molecule has 0 spiro atoms. The topological polar surface area (TPSA) is 101 Å². The monoisotopic (exact) mass is 460 g/mol. The summed E-state index contributed by atoms with van der Waals surface area (Å²) in [5.41, 5.74) is 1.13. The number of rotatable bonds is 5. The fourth-order valence-corrected chi connectivity index (χ4v) is 5.44. The summed E-state index contributed by atoms with van der Waals surface area (Å²) in [6.07, 6.45) is 4.75. The van der Waals surface area contributed by atoms with Crippen molar-refractivity contribution < 1.29 is 17.9 Å². The maximum absolute atomic E-state index is 13.2. The van der Waals surface area contributed by atoms with Crippen LogP contribution in [0.25, 0.3) is 0 Å². The lowest BCUT2D eigenvalue weighted by atomic mass is 10.1. The number of amides is 1. The number of hydrogen-bond donors (Lipinski definition) is 1. The number of pyridine rings is 1. The van der Waals surface area contributed by atoms with Gasteiger partial charge < -0.3 is 19.5 Å². The predicted molar refractivity (Wildman–Crippen MR) is 122 cm³/mol. The molecular weight excluding hydrogens is 432 g/mol. The van der Waals surface area contributed by atoms with E-state index in [2.05, 4.69) is 10.2 Å². The van der Waals surface area contributed by atoms with E-state index in [1.807, 2.05) is 0 Å². The maximum Gasteiger partial charge on any atom is 0.255 e.